The molecule has 1 saturated heterocycles. The standard InChI is InChI=1S/C48H63N15O11S2/c1-25-41(68)59-36(19-29-21-52-24-55-29)46(73)60-34(17-27-9-4-3-5-10-27)44(71)58-32(13-8-16-53-48(50)51)42(69)61-35(18-28-20-54-31-12-7-6-11-30(28)31)45(72)62-37(40(49)67)22-75-76-23-38(47(74)56-25)63-43(70)33(57-26(2)64)14-15-39(65)66/h3-7,9-12,20-21,24-25,32-38,54H,8,13-19,22-23H2,1-2H3,(H2,49,67)(H,52,55)(H,56,74)(H,57,64)(H,58,71)(H,59,68)(H,60,73)(H,61,69)(H,62,72)(H,63,70)(H,65,66)(H4,50,51,53)/t25-,32-,33-,34+,35-,36-,37-,38-/m0/s1. The van der Waals surface area contributed by atoms with E-state index in [1.54, 1.807) is 48.7 Å². The van der Waals surface area contributed by atoms with Crippen LogP contribution in [-0.4, -0.2) is 152 Å². The number of aliphatic carboxylic acids is 1. The Balaban J connectivity index is 1.55. The van der Waals surface area contributed by atoms with Crippen LogP contribution >= 0.6 is 21.6 Å². The Kier molecular flexibility index (Phi) is 22.5. The minimum Gasteiger partial charge on any atom is -0.481 e. The predicted octanol–water partition coefficient (Wildman–Crippen LogP) is -2.15. The average molecular weight is 1090 g/mol. The van der Waals surface area contributed by atoms with Crippen LogP contribution in [0.5, 0.6) is 0 Å². The fraction of sp³-hybridized carbons (Fsp3) is 0.417. The summed E-state index contributed by atoms with van der Waals surface area (Å²) in [7, 11) is 1.91. The molecule has 76 heavy (non-hydrogen) atoms. The molecule has 28 heteroatoms. The predicted molar refractivity (Wildman–Crippen MR) is 281 cm³/mol. The summed E-state index contributed by atoms with van der Waals surface area (Å²) in [5.74, 6) is -9.79. The molecule has 0 spiro atoms. The number of carbonyl (C=O) groups is 10. The maximum absolute atomic E-state index is 14.6. The molecule has 1 aliphatic rings. The van der Waals surface area contributed by atoms with Crippen LogP contribution in [0.4, 0.5) is 0 Å². The third kappa shape index (κ3) is 18.7. The molecule has 2 aromatic carbocycles. The number of hydrogen-bond donors (Lipinski definition) is 15. The molecule has 0 unspecified atom stereocenters. The van der Waals surface area contributed by atoms with E-state index in [2.05, 4.69) is 62.8 Å². The zero-order valence-corrected chi connectivity index (χ0v) is 43.2. The van der Waals surface area contributed by atoms with Gasteiger partial charge >= 0.3 is 5.97 Å². The summed E-state index contributed by atoms with van der Waals surface area (Å²) in [5.41, 5.74) is 13.6. The van der Waals surface area contributed by atoms with Crippen molar-refractivity contribution in [2.75, 3.05) is 18.1 Å². The number of carboxylic acids is 1. The largest absolute Gasteiger partial charge is 0.481 e. The van der Waals surface area contributed by atoms with Crippen LogP contribution < -0.4 is 59.3 Å². The van der Waals surface area contributed by atoms with Gasteiger partial charge < -0.3 is 74.4 Å². The van der Waals surface area contributed by atoms with Crippen LogP contribution in [0, 0.1) is 5.41 Å². The van der Waals surface area contributed by atoms with E-state index >= 15 is 0 Å². The van der Waals surface area contributed by atoms with Gasteiger partial charge in [0.2, 0.25) is 53.2 Å². The molecule has 408 valence electrons. The summed E-state index contributed by atoms with van der Waals surface area (Å²) in [5, 5.41) is 41.2. The SMILES string of the molecule is CC(=O)N[C@@H](CCC(=O)O)C(=O)N[C@H]1CSSC[C@@H](C(N)=O)NC(=O)[C@H](Cc2c[nH]c3ccccc23)NC(=O)[C@H](CCCNC(=N)N)NC(=O)[C@@H](Cc2ccccc2)NC(=O)[C@H](Cc2c[nH]cn2)NC(=O)[C@H](C)NC1=O. The van der Waals surface area contributed by atoms with Gasteiger partial charge in [-0.15, -0.1) is 0 Å². The molecular weight excluding hydrogens is 1030 g/mol. The number of amides is 9. The third-order valence-electron chi connectivity index (χ3n) is 11.8. The fourth-order valence-electron chi connectivity index (χ4n) is 7.84. The molecule has 3 heterocycles. The number of aromatic amines is 2. The number of fused-ring (bicyclic) bond motifs is 1. The maximum atomic E-state index is 14.6. The molecule has 1 aliphatic heterocycles. The first-order valence-corrected chi connectivity index (χ1v) is 26.6. The highest BCUT2D eigenvalue weighted by molar-refractivity contribution is 8.76. The van der Waals surface area contributed by atoms with Gasteiger partial charge in [-0.05, 0) is 43.4 Å². The van der Waals surface area contributed by atoms with Gasteiger partial charge in [0.1, 0.15) is 48.3 Å². The van der Waals surface area contributed by atoms with Crippen molar-refractivity contribution >= 4 is 97.6 Å². The molecule has 8 atom stereocenters. The van der Waals surface area contributed by atoms with Crippen LogP contribution in [0.25, 0.3) is 10.9 Å². The van der Waals surface area contributed by atoms with Crippen molar-refractivity contribution < 1.29 is 53.1 Å². The van der Waals surface area contributed by atoms with Crippen LogP contribution in [0.3, 0.4) is 0 Å². The summed E-state index contributed by atoms with van der Waals surface area (Å²) in [6.07, 6.45) is 3.28. The van der Waals surface area contributed by atoms with E-state index in [4.69, 9.17) is 16.9 Å². The second kappa shape index (κ2) is 29.1. The second-order valence-corrected chi connectivity index (χ2v) is 20.3. The number of benzene rings is 2. The highest BCUT2D eigenvalue weighted by Gasteiger charge is 2.35. The van der Waals surface area contributed by atoms with Gasteiger partial charge in [-0.25, -0.2) is 4.98 Å². The van der Waals surface area contributed by atoms with E-state index in [1.165, 1.54) is 19.4 Å². The van der Waals surface area contributed by atoms with E-state index in [9.17, 15) is 53.1 Å². The van der Waals surface area contributed by atoms with Gasteiger partial charge in [-0.2, -0.15) is 0 Å². The Morgan fingerprint density at radius 1 is 0.763 bits per heavy atom. The molecule has 4 aromatic rings. The average Bonchev–Trinajstić information content (AvgIpc) is 4.05. The molecule has 0 radical (unpaired) electrons. The van der Waals surface area contributed by atoms with E-state index in [0.717, 1.165) is 39.4 Å². The topological polar surface area (TPSA) is 420 Å². The summed E-state index contributed by atoms with van der Waals surface area (Å²) in [6.45, 7) is 2.53. The number of aromatic nitrogens is 3. The number of rotatable bonds is 17. The maximum Gasteiger partial charge on any atom is 0.303 e. The fourth-order valence-corrected chi connectivity index (χ4v) is 10.2. The zero-order chi connectivity index (χ0) is 55.3. The highest BCUT2D eigenvalue weighted by Crippen LogP contribution is 2.24. The number of nitrogens with zero attached hydrogens (tertiary/aromatic N) is 1. The molecule has 17 N–H and O–H groups in total. The lowest BCUT2D eigenvalue weighted by atomic mass is 10.0. The first-order chi connectivity index (χ1) is 36.3. The van der Waals surface area contributed by atoms with Gasteiger partial charge in [-0.1, -0.05) is 70.1 Å². The number of primary amides is 1. The minimum absolute atomic E-state index is 0.0673. The van der Waals surface area contributed by atoms with Crippen LogP contribution in [-0.2, 0) is 67.2 Å². The number of carboxylic acid groups (broad SMARTS) is 1. The number of nitrogens with one attached hydrogen (secondary N) is 12. The summed E-state index contributed by atoms with van der Waals surface area (Å²) >= 11 is 0. The summed E-state index contributed by atoms with van der Waals surface area (Å²) in [4.78, 5) is 146. The molecular formula is C48H63N15O11S2. The molecule has 2 aromatic heterocycles. The lowest BCUT2D eigenvalue weighted by molar-refractivity contribution is -0.138. The Labute approximate surface area is 444 Å². The monoisotopic (exact) mass is 1090 g/mol. The number of hydrogen-bond acceptors (Lipinski definition) is 14. The number of imidazole rings is 1. The van der Waals surface area contributed by atoms with Crippen molar-refractivity contribution in [2.24, 2.45) is 11.5 Å². The van der Waals surface area contributed by atoms with E-state index in [1.807, 2.05) is 12.1 Å². The molecule has 0 bridgehead atoms. The Hall–Kier alpha value is -8.14. The molecule has 9 amide bonds. The molecule has 0 saturated carbocycles. The lowest BCUT2D eigenvalue weighted by Gasteiger charge is -2.27. The quantitative estimate of drug-likeness (QED) is 0.0232. The van der Waals surface area contributed by atoms with Gasteiger partial charge in [0.15, 0.2) is 5.96 Å². The summed E-state index contributed by atoms with van der Waals surface area (Å²) < 4.78 is 0. The summed E-state index contributed by atoms with van der Waals surface area (Å²) in [6, 6.07) is 4.56. The van der Waals surface area contributed by atoms with Gasteiger partial charge in [0.25, 0.3) is 0 Å². The van der Waals surface area contributed by atoms with Crippen molar-refractivity contribution in [2.45, 2.75) is 107 Å². The molecule has 0 aliphatic carbocycles. The van der Waals surface area contributed by atoms with Crippen molar-refractivity contribution in [1.82, 2.24) is 62.8 Å². The van der Waals surface area contributed by atoms with Crippen molar-refractivity contribution in [1.29, 1.82) is 5.41 Å². The lowest BCUT2D eigenvalue weighted by Crippen LogP contribution is -2.61. The Morgan fingerprint density at radius 3 is 2.04 bits per heavy atom. The van der Waals surface area contributed by atoms with E-state index in [-0.39, 0.29) is 62.5 Å². The first-order valence-electron chi connectivity index (χ1n) is 24.1. The number of para-hydroxylation sites is 1. The van der Waals surface area contributed by atoms with E-state index < -0.39 is 114 Å². The number of guanidine groups is 1. The van der Waals surface area contributed by atoms with Crippen LogP contribution in [0.15, 0.2) is 73.3 Å². The number of carbonyl (C=O) groups excluding carboxylic acids is 9. The normalized spacial score (nSPS) is 22.0. The highest BCUT2D eigenvalue weighted by atomic mass is 33.1. The van der Waals surface area contributed by atoms with Gasteiger partial charge in [-0.3, -0.25) is 53.4 Å². The van der Waals surface area contributed by atoms with Crippen molar-refractivity contribution in [3.8, 4) is 0 Å². The Bertz CT molecular complexity index is 2710. The Morgan fingerprint density at radius 2 is 1.38 bits per heavy atom. The molecule has 1 fully saturated rings. The molecule has 26 nitrogen and oxygen atoms in total. The second-order valence-electron chi connectivity index (χ2n) is 17.8. The van der Waals surface area contributed by atoms with Crippen LogP contribution in [0.1, 0.15) is 56.4 Å². The van der Waals surface area contributed by atoms with Crippen LogP contribution in [0.2, 0.25) is 0 Å². The van der Waals surface area contributed by atoms with Gasteiger partial charge in [0, 0.05) is 74.0 Å². The zero-order valence-electron chi connectivity index (χ0n) is 41.6. The van der Waals surface area contributed by atoms with Crippen molar-refractivity contribution in [3.05, 3.63) is 90.1 Å². The third-order valence-corrected chi connectivity index (χ3v) is 14.2. The van der Waals surface area contributed by atoms with E-state index in [0.29, 0.717) is 16.8 Å². The molecule has 5 rings (SSSR count). The van der Waals surface area contributed by atoms with Gasteiger partial charge in [0.05, 0.1) is 12.0 Å². The smallest absolute Gasteiger partial charge is 0.303 e. The number of nitrogens with two attached hydrogens (primary N) is 2. The first kappa shape index (κ1) is 58.7. The van der Waals surface area contributed by atoms with Crippen molar-refractivity contribution in [3.63, 3.8) is 0 Å². The number of H-pyrrole nitrogens is 2. The minimum atomic E-state index is -1.48.